The first-order valence-electron chi connectivity index (χ1n) is 5.58. The molecule has 0 aliphatic carbocycles. The second-order valence-corrected chi connectivity index (χ2v) is 5.03. The zero-order valence-corrected chi connectivity index (χ0v) is 12.2. The molecule has 2 aromatic rings. The molecule has 0 saturated carbocycles. The van der Waals surface area contributed by atoms with Gasteiger partial charge in [0.05, 0.1) is 16.3 Å². The van der Waals surface area contributed by atoms with Crippen molar-refractivity contribution in [3.8, 4) is 5.75 Å². The van der Waals surface area contributed by atoms with E-state index in [0.29, 0.717) is 18.7 Å². The van der Waals surface area contributed by atoms with Crippen LogP contribution in [-0.4, -0.2) is 27.4 Å². The molecule has 0 atom stereocenters. The summed E-state index contributed by atoms with van der Waals surface area (Å²) in [4.78, 5) is 0. The lowest BCUT2D eigenvalue weighted by atomic mass is 10.2. The van der Waals surface area contributed by atoms with Crippen molar-refractivity contribution in [1.82, 2.24) is 9.78 Å². The molecule has 1 aromatic carbocycles. The van der Waals surface area contributed by atoms with Crippen molar-refractivity contribution >= 4 is 28.4 Å². The maximum Gasteiger partial charge on any atom is 0.170 e. The van der Waals surface area contributed by atoms with Crippen LogP contribution in [0.2, 0.25) is 0 Å². The zero-order valence-electron chi connectivity index (χ0n) is 10.0. The minimum atomic E-state index is 0.0812. The lowest BCUT2D eigenvalue weighted by molar-refractivity contribution is 0.291. The van der Waals surface area contributed by atoms with Crippen LogP contribution in [-0.2, 0) is 6.54 Å². The van der Waals surface area contributed by atoms with Crippen LogP contribution in [0.1, 0.15) is 5.56 Å². The van der Waals surface area contributed by atoms with Crippen LogP contribution in [0.25, 0.3) is 0 Å². The number of aromatic nitrogens is 2. The summed E-state index contributed by atoms with van der Waals surface area (Å²) in [5.41, 5.74) is 6.12. The Morgan fingerprint density at radius 3 is 2.74 bits per heavy atom. The number of amidine groups is 1. The van der Waals surface area contributed by atoms with Gasteiger partial charge in [-0.2, -0.15) is 5.10 Å². The van der Waals surface area contributed by atoms with E-state index >= 15 is 0 Å². The standard InChI is InChI=1S/C12H13IN4O2/c13-10-7-15-17(8-10)5-6-19-11-3-1-9(2-4-11)12(14)16-18/h1-4,7-8,18H,5-6H2,(H2,14,16). The van der Waals surface area contributed by atoms with Gasteiger partial charge in [0, 0.05) is 11.8 Å². The van der Waals surface area contributed by atoms with Crippen molar-refractivity contribution in [2.45, 2.75) is 6.54 Å². The van der Waals surface area contributed by atoms with Gasteiger partial charge in [-0.05, 0) is 46.9 Å². The molecule has 3 N–H and O–H groups in total. The van der Waals surface area contributed by atoms with E-state index in [1.54, 1.807) is 30.5 Å². The van der Waals surface area contributed by atoms with Crippen LogP contribution < -0.4 is 10.5 Å². The van der Waals surface area contributed by atoms with E-state index in [1.165, 1.54) is 0 Å². The Kier molecular flexibility index (Phi) is 4.61. The van der Waals surface area contributed by atoms with Gasteiger partial charge < -0.3 is 15.7 Å². The molecule has 0 fully saturated rings. The summed E-state index contributed by atoms with van der Waals surface area (Å²) in [5, 5.41) is 15.6. The monoisotopic (exact) mass is 372 g/mol. The Bertz CT molecular complexity index is 565. The lowest BCUT2D eigenvalue weighted by Gasteiger charge is -2.07. The molecule has 100 valence electrons. The minimum Gasteiger partial charge on any atom is -0.492 e. The average molecular weight is 372 g/mol. The predicted molar refractivity (Wildman–Crippen MR) is 79.4 cm³/mol. The molecule has 0 unspecified atom stereocenters. The SMILES string of the molecule is NC(=NO)c1ccc(OCCn2cc(I)cn2)cc1. The molecule has 6 nitrogen and oxygen atoms in total. The lowest BCUT2D eigenvalue weighted by Crippen LogP contribution is -2.13. The third kappa shape index (κ3) is 3.85. The number of ether oxygens (including phenoxy) is 1. The van der Waals surface area contributed by atoms with Crippen molar-refractivity contribution in [3.05, 3.63) is 45.8 Å². The van der Waals surface area contributed by atoms with Crippen molar-refractivity contribution in [1.29, 1.82) is 0 Å². The fourth-order valence-corrected chi connectivity index (χ4v) is 1.94. The largest absolute Gasteiger partial charge is 0.492 e. The summed E-state index contributed by atoms with van der Waals surface area (Å²) >= 11 is 2.21. The van der Waals surface area contributed by atoms with Crippen molar-refractivity contribution in [2.24, 2.45) is 10.9 Å². The normalized spacial score (nSPS) is 11.5. The highest BCUT2D eigenvalue weighted by Crippen LogP contribution is 2.12. The number of oxime groups is 1. The Morgan fingerprint density at radius 1 is 1.42 bits per heavy atom. The van der Waals surface area contributed by atoms with Crippen LogP contribution in [0, 0.1) is 3.57 Å². The van der Waals surface area contributed by atoms with Gasteiger partial charge in [0.15, 0.2) is 5.84 Å². The third-order valence-electron chi connectivity index (χ3n) is 2.45. The number of hydrogen-bond acceptors (Lipinski definition) is 4. The number of halogens is 1. The highest BCUT2D eigenvalue weighted by atomic mass is 127. The van der Waals surface area contributed by atoms with Gasteiger partial charge in [-0.15, -0.1) is 0 Å². The Hall–Kier alpha value is -1.77. The van der Waals surface area contributed by atoms with E-state index in [9.17, 15) is 0 Å². The minimum absolute atomic E-state index is 0.0812. The van der Waals surface area contributed by atoms with Crippen LogP contribution in [0.5, 0.6) is 5.75 Å². The quantitative estimate of drug-likeness (QED) is 0.275. The van der Waals surface area contributed by atoms with Gasteiger partial charge in [0.1, 0.15) is 12.4 Å². The smallest absolute Gasteiger partial charge is 0.170 e. The van der Waals surface area contributed by atoms with E-state index in [-0.39, 0.29) is 5.84 Å². The van der Waals surface area contributed by atoms with Crippen molar-refractivity contribution in [2.75, 3.05) is 6.61 Å². The average Bonchev–Trinajstić information content (AvgIpc) is 2.84. The van der Waals surface area contributed by atoms with Gasteiger partial charge in [-0.3, -0.25) is 4.68 Å². The molecular weight excluding hydrogens is 359 g/mol. The van der Waals surface area contributed by atoms with E-state index in [0.717, 1.165) is 9.32 Å². The van der Waals surface area contributed by atoms with E-state index < -0.39 is 0 Å². The van der Waals surface area contributed by atoms with Crippen molar-refractivity contribution < 1.29 is 9.94 Å². The molecule has 0 aliphatic rings. The molecule has 0 spiro atoms. The van der Waals surface area contributed by atoms with Gasteiger partial charge in [0.2, 0.25) is 0 Å². The summed E-state index contributed by atoms with van der Waals surface area (Å²) in [6, 6.07) is 7.03. The molecule has 0 bridgehead atoms. The van der Waals surface area contributed by atoms with Crippen molar-refractivity contribution in [3.63, 3.8) is 0 Å². The third-order valence-corrected chi connectivity index (χ3v) is 3.01. The van der Waals surface area contributed by atoms with Crippen LogP contribution in [0.3, 0.4) is 0 Å². The molecular formula is C12H13IN4O2. The molecule has 2 rings (SSSR count). The summed E-state index contributed by atoms with van der Waals surface area (Å²) in [6.07, 6.45) is 3.75. The molecule has 7 heteroatoms. The first-order valence-corrected chi connectivity index (χ1v) is 6.65. The number of nitrogens with two attached hydrogens (primary N) is 1. The number of nitrogens with zero attached hydrogens (tertiary/aromatic N) is 3. The summed E-state index contributed by atoms with van der Waals surface area (Å²) in [6.45, 7) is 1.21. The number of benzene rings is 1. The second-order valence-electron chi connectivity index (χ2n) is 3.78. The summed E-state index contributed by atoms with van der Waals surface area (Å²) < 4.78 is 8.50. The fraction of sp³-hybridized carbons (Fsp3) is 0.167. The van der Waals surface area contributed by atoms with E-state index in [2.05, 4.69) is 32.8 Å². The second kappa shape index (κ2) is 6.41. The van der Waals surface area contributed by atoms with E-state index in [1.807, 2.05) is 10.9 Å². The van der Waals surface area contributed by atoms with Gasteiger partial charge in [-0.1, -0.05) is 5.16 Å². The summed E-state index contributed by atoms with van der Waals surface area (Å²) in [7, 11) is 0. The molecule has 0 saturated heterocycles. The molecule has 0 amide bonds. The van der Waals surface area contributed by atoms with Gasteiger partial charge in [0.25, 0.3) is 0 Å². The van der Waals surface area contributed by atoms with E-state index in [4.69, 9.17) is 15.7 Å². The Balaban J connectivity index is 1.86. The Morgan fingerprint density at radius 2 is 2.16 bits per heavy atom. The van der Waals surface area contributed by atoms with Crippen LogP contribution >= 0.6 is 22.6 Å². The first-order chi connectivity index (χ1) is 9.19. The van der Waals surface area contributed by atoms with Gasteiger partial charge >= 0.3 is 0 Å². The molecule has 0 aliphatic heterocycles. The maximum absolute atomic E-state index is 8.55. The predicted octanol–water partition coefficient (Wildman–Crippen LogP) is 1.66. The summed E-state index contributed by atoms with van der Waals surface area (Å²) in [5.74, 6) is 0.814. The Labute approximate surface area is 124 Å². The topological polar surface area (TPSA) is 85.7 Å². The molecule has 0 radical (unpaired) electrons. The fourth-order valence-electron chi connectivity index (χ4n) is 1.50. The van der Waals surface area contributed by atoms with Crippen LogP contribution in [0.4, 0.5) is 0 Å². The highest BCUT2D eigenvalue weighted by molar-refractivity contribution is 14.1. The molecule has 19 heavy (non-hydrogen) atoms. The van der Waals surface area contributed by atoms with Crippen LogP contribution in [0.15, 0.2) is 41.8 Å². The highest BCUT2D eigenvalue weighted by Gasteiger charge is 2.00. The van der Waals surface area contributed by atoms with Gasteiger partial charge in [-0.25, -0.2) is 0 Å². The maximum atomic E-state index is 8.55. The molecule has 1 aromatic heterocycles. The molecule has 1 heterocycles. The number of rotatable bonds is 5. The number of hydrogen-bond donors (Lipinski definition) is 2. The zero-order chi connectivity index (χ0) is 13.7. The first kappa shape index (κ1) is 13.7.